The summed E-state index contributed by atoms with van der Waals surface area (Å²) >= 11 is 0. The molecule has 0 aliphatic carbocycles. The number of hydrogen-bond acceptors (Lipinski definition) is 5. The molecular formula is C18H20N2O5S. The molecule has 1 fully saturated rings. The quantitative estimate of drug-likeness (QED) is 0.571. The largest absolute Gasteiger partial charge is 0.497 e. The van der Waals surface area contributed by atoms with Gasteiger partial charge in [0.2, 0.25) is 10.0 Å². The topological polar surface area (TPSA) is 89.8 Å². The molecule has 0 bridgehead atoms. The molecule has 0 amide bonds. The maximum Gasteiger partial charge on any atom is 0.293 e. The Bertz CT molecular complexity index is 899. The molecule has 1 unspecified atom stereocenters. The van der Waals surface area contributed by atoms with Crippen LogP contribution in [0.2, 0.25) is 0 Å². The Morgan fingerprint density at radius 2 is 1.96 bits per heavy atom. The van der Waals surface area contributed by atoms with Gasteiger partial charge in [0, 0.05) is 12.6 Å². The second-order valence-electron chi connectivity index (χ2n) is 6.19. The van der Waals surface area contributed by atoms with Crippen molar-refractivity contribution in [2.24, 2.45) is 0 Å². The first-order chi connectivity index (χ1) is 12.4. The van der Waals surface area contributed by atoms with Gasteiger partial charge in [-0.25, -0.2) is 8.42 Å². The van der Waals surface area contributed by atoms with E-state index in [0.717, 1.165) is 24.5 Å². The minimum absolute atomic E-state index is 0.205. The van der Waals surface area contributed by atoms with Crippen LogP contribution in [0.15, 0.2) is 53.4 Å². The van der Waals surface area contributed by atoms with Crippen LogP contribution in [0.1, 0.15) is 18.4 Å². The van der Waals surface area contributed by atoms with E-state index >= 15 is 0 Å². The molecule has 0 radical (unpaired) electrons. The van der Waals surface area contributed by atoms with Gasteiger partial charge in [-0.05, 0) is 37.0 Å². The molecule has 8 heteroatoms. The van der Waals surface area contributed by atoms with Crippen LogP contribution in [0.3, 0.4) is 0 Å². The van der Waals surface area contributed by atoms with Gasteiger partial charge in [0.15, 0.2) is 4.90 Å². The summed E-state index contributed by atoms with van der Waals surface area (Å²) in [5, 5.41) is 11.4. The van der Waals surface area contributed by atoms with E-state index in [1.54, 1.807) is 0 Å². The summed E-state index contributed by atoms with van der Waals surface area (Å²) in [6.07, 6.45) is 2.06. The third-order valence-corrected chi connectivity index (χ3v) is 6.59. The van der Waals surface area contributed by atoms with Gasteiger partial charge in [-0.15, -0.1) is 0 Å². The fourth-order valence-corrected chi connectivity index (χ4v) is 5.16. The maximum absolute atomic E-state index is 13.1. The Hall–Kier alpha value is -2.45. The molecule has 138 valence electrons. The maximum atomic E-state index is 13.1. The molecular weight excluding hydrogens is 356 g/mol. The zero-order valence-corrected chi connectivity index (χ0v) is 15.2. The number of nitro benzene ring substituents is 1. The van der Waals surface area contributed by atoms with Gasteiger partial charge in [0.05, 0.1) is 18.1 Å². The van der Waals surface area contributed by atoms with E-state index in [1.165, 1.54) is 23.5 Å². The molecule has 1 aliphatic heterocycles. The SMILES string of the molecule is COc1ccc(S(=O)(=O)N2CCCC2Cc2ccccc2)c([N+](=O)[O-])c1. The summed E-state index contributed by atoms with van der Waals surface area (Å²) < 4.78 is 32.7. The lowest BCUT2D eigenvalue weighted by atomic mass is 10.1. The van der Waals surface area contributed by atoms with Crippen molar-refractivity contribution in [1.29, 1.82) is 0 Å². The van der Waals surface area contributed by atoms with Gasteiger partial charge in [-0.3, -0.25) is 10.1 Å². The van der Waals surface area contributed by atoms with E-state index in [-0.39, 0.29) is 16.7 Å². The molecule has 2 aromatic carbocycles. The fourth-order valence-electron chi connectivity index (χ4n) is 3.33. The predicted molar refractivity (Wildman–Crippen MR) is 96.7 cm³/mol. The summed E-state index contributed by atoms with van der Waals surface area (Å²) in [5.74, 6) is 0.248. The highest BCUT2D eigenvalue weighted by Crippen LogP contribution is 2.34. The Balaban J connectivity index is 1.95. The van der Waals surface area contributed by atoms with Crippen molar-refractivity contribution in [3.8, 4) is 5.75 Å². The fraction of sp³-hybridized carbons (Fsp3) is 0.333. The molecule has 0 spiro atoms. The molecule has 1 saturated heterocycles. The van der Waals surface area contributed by atoms with E-state index < -0.39 is 20.6 Å². The van der Waals surface area contributed by atoms with E-state index in [9.17, 15) is 18.5 Å². The first kappa shape index (κ1) is 18.3. The van der Waals surface area contributed by atoms with Crippen molar-refractivity contribution in [1.82, 2.24) is 4.31 Å². The Kier molecular flexibility index (Phi) is 5.24. The lowest BCUT2D eigenvalue weighted by molar-refractivity contribution is -0.387. The molecule has 7 nitrogen and oxygen atoms in total. The first-order valence-corrected chi connectivity index (χ1v) is 9.75. The Morgan fingerprint density at radius 1 is 1.23 bits per heavy atom. The number of hydrogen-bond donors (Lipinski definition) is 0. The van der Waals surface area contributed by atoms with Gasteiger partial charge in [-0.1, -0.05) is 30.3 Å². The monoisotopic (exact) mass is 376 g/mol. The van der Waals surface area contributed by atoms with Crippen molar-refractivity contribution in [2.45, 2.75) is 30.2 Å². The van der Waals surface area contributed by atoms with E-state index in [4.69, 9.17) is 4.74 Å². The van der Waals surface area contributed by atoms with Crippen LogP contribution in [0.25, 0.3) is 0 Å². The second kappa shape index (κ2) is 7.43. The smallest absolute Gasteiger partial charge is 0.293 e. The molecule has 2 aromatic rings. The zero-order chi connectivity index (χ0) is 18.7. The lowest BCUT2D eigenvalue weighted by Gasteiger charge is -2.24. The van der Waals surface area contributed by atoms with Gasteiger partial charge in [-0.2, -0.15) is 4.31 Å². The standard InChI is InChI=1S/C18H20N2O5S/c1-25-16-9-10-18(17(13-16)20(21)22)26(23,24)19-11-5-8-15(19)12-14-6-3-2-4-7-14/h2-4,6-7,9-10,13,15H,5,8,11-12H2,1H3. The van der Waals surface area contributed by atoms with Crippen LogP contribution in [0.4, 0.5) is 5.69 Å². The molecule has 0 aromatic heterocycles. The summed E-state index contributed by atoms with van der Waals surface area (Å²) in [4.78, 5) is 10.4. The number of sulfonamides is 1. The zero-order valence-electron chi connectivity index (χ0n) is 14.4. The van der Waals surface area contributed by atoms with Crippen molar-refractivity contribution >= 4 is 15.7 Å². The first-order valence-electron chi connectivity index (χ1n) is 8.31. The third kappa shape index (κ3) is 3.56. The number of nitro groups is 1. The average Bonchev–Trinajstić information content (AvgIpc) is 3.11. The molecule has 1 aliphatic rings. The van der Waals surface area contributed by atoms with Crippen molar-refractivity contribution in [2.75, 3.05) is 13.7 Å². The number of methoxy groups -OCH3 is 1. The highest BCUT2D eigenvalue weighted by atomic mass is 32.2. The van der Waals surface area contributed by atoms with Crippen molar-refractivity contribution < 1.29 is 18.1 Å². The van der Waals surface area contributed by atoms with Gasteiger partial charge in [0.1, 0.15) is 5.75 Å². The van der Waals surface area contributed by atoms with Crippen LogP contribution in [0, 0.1) is 10.1 Å². The minimum atomic E-state index is -3.97. The molecule has 0 N–H and O–H groups in total. The Morgan fingerprint density at radius 3 is 2.62 bits per heavy atom. The van der Waals surface area contributed by atoms with Crippen LogP contribution < -0.4 is 4.74 Å². The van der Waals surface area contributed by atoms with Gasteiger partial charge in [0.25, 0.3) is 5.69 Å². The van der Waals surface area contributed by atoms with Gasteiger partial charge >= 0.3 is 0 Å². The minimum Gasteiger partial charge on any atom is -0.497 e. The summed E-state index contributed by atoms with van der Waals surface area (Å²) in [6, 6.07) is 13.3. The van der Waals surface area contributed by atoms with Crippen LogP contribution in [0.5, 0.6) is 5.75 Å². The molecule has 0 saturated carbocycles. The number of benzene rings is 2. The van der Waals surface area contributed by atoms with E-state index in [0.29, 0.717) is 13.0 Å². The van der Waals surface area contributed by atoms with E-state index in [1.807, 2.05) is 30.3 Å². The number of ether oxygens (including phenoxy) is 1. The second-order valence-corrected chi connectivity index (χ2v) is 8.05. The highest BCUT2D eigenvalue weighted by molar-refractivity contribution is 7.89. The molecule has 1 atom stereocenters. The average molecular weight is 376 g/mol. The van der Waals surface area contributed by atoms with Crippen LogP contribution in [-0.4, -0.2) is 37.3 Å². The summed E-state index contributed by atoms with van der Waals surface area (Å²) in [6.45, 7) is 0.364. The normalized spacial score (nSPS) is 18.0. The highest BCUT2D eigenvalue weighted by Gasteiger charge is 2.38. The summed E-state index contributed by atoms with van der Waals surface area (Å²) in [5.41, 5.74) is 0.582. The molecule has 3 rings (SSSR count). The number of nitrogens with zero attached hydrogens (tertiary/aromatic N) is 2. The third-order valence-electron chi connectivity index (χ3n) is 4.59. The van der Waals surface area contributed by atoms with Crippen molar-refractivity contribution in [3.05, 3.63) is 64.2 Å². The van der Waals surface area contributed by atoms with Gasteiger partial charge < -0.3 is 4.74 Å². The van der Waals surface area contributed by atoms with E-state index in [2.05, 4.69) is 0 Å². The molecule has 1 heterocycles. The number of rotatable bonds is 6. The molecule has 26 heavy (non-hydrogen) atoms. The summed E-state index contributed by atoms with van der Waals surface area (Å²) in [7, 11) is -2.59. The van der Waals surface area contributed by atoms with Crippen LogP contribution >= 0.6 is 0 Å². The predicted octanol–water partition coefficient (Wildman–Crippen LogP) is 3.00. The lowest BCUT2D eigenvalue weighted by Crippen LogP contribution is -2.37. The Labute approximate surface area is 152 Å². The van der Waals surface area contributed by atoms with Crippen molar-refractivity contribution in [3.63, 3.8) is 0 Å². The van der Waals surface area contributed by atoms with Crippen LogP contribution in [-0.2, 0) is 16.4 Å².